The van der Waals surface area contributed by atoms with E-state index in [9.17, 15) is 4.79 Å². The first-order valence-electron chi connectivity index (χ1n) is 15.2. The number of alkyl halides is 1. The molecule has 0 amide bonds. The van der Waals surface area contributed by atoms with Gasteiger partial charge in [-0.1, -0.05) is 133 Å². The smallest absolute Gasteiger partial charge is 0.305 e. The Labute approximate surface area is 227 Å². The Kier molecular flexibility index (Phi) is 30.0. The second-order valence-electron chi connectivity index (χ2n) is 9.98. The van der Waals surface area contributed by atoms with Crippen molar-refractivity contribution in [1.29, 1.82) is 0 Å². The fraction of sp³-hybridized carbons (Fsp3) is 0.967. The molecule has 0 saturated carbocycles. The largest absolute Gasteiger partial charge is 0.466 e. The Bertz CT molecular complexity index is 401. The summed E-state index contributed by atoms with van der Waals surface area (Å²) in [5, 5.41) is 1.12. The molecule has 0 aliphatic carbocycles. The van der Waals surface area contributed by atoms with Crippen LogP contribution in [0.2, 0.25) is 0 Å². The van der Waals surface area contributed by atoms with Gasteiger partial charge in [-0.15, -0.1) is 0 Å². The minimum atomic E-state index is -0.279. The summed E-state index contributed by atoms with van der Waals surface area (Å²) in [6, 6.07) is 0. The summed E-state index contributed by atoms with van der Waals surface area (Å²) < 4.78 is 17.5. The minimum absolute atomic E-state index is 0.115. The Morgan fingerprint density at radius 3 is 1.43 bits per heavy atom. The zero-order valence-electron chi connectivity index (χ0n) is 23.5. The van der Waals surface area contributed by atoms with Gasteiger partial charge >= 0.3 is 5.97 Å². The van der Waals surface area contributed by atoms with Crippen molar-refractivity contribution < 1.29 is 19.0 Å². The number of ether oxygens (including phenoxy) is 3. The molecule has 0 heterocycles. The van der Waals surface area contributed by atoms with Crippen molar-refractivity contribution in [2.45, 2.75) is 161 Å². The van der Waals surface area contributed by atoms with E-state index in [1.54, 1.807) is 0 Å². The third-order valence-corrected chi connectivity index (χ3v) is 7.04. The predicted molar refractivity (Wildman–Crippen MR) is 153 cm³/mol. The van der Waals surface area contributed by atoms with Crippen molar-refractivity contribution in [1.82, 2.24) is 0 Å². The van der Waals surface area contributed by atoms with E-state index < -0.39 is 0 Å². The van der Waals surface area contributed by atoms with E-state index in [1.807, 2.05) is 0 Å². The highest BCUT2D eigenvalue weighted by molar-refractivity contribution is 9.09. The van der Waals surface area contributed by atoms with Crippen LogP contribution in [-0.4, -0.2) is 37.4 Å². The summed E-state index contributed by atoms with van der Waals surface area (Å²) in [6.07, 6.45) is 25.6. The van der Waals surface area contributed by atoms with Crippen LogP contribution in [0, 0.1) is 0 Å². The summed E-state index contributed by atoms with van der Waals surface area (Å²) in [4.78, 5) is 12.2. The fourth-order valence-electron chi connectivity index (χ4n) is 4.16. The summed E-state index contributed by atoms with van der Waals surface area (Å²) in [7, 11) is 0. The highest BCUT2D eigenvalue weighted by Gasteiger charge is 2.13. The molecule has 210 valence electrons. The zero-order valence-corrected chi connectivity index (χ0v) is 25.1. The highest BCUT2D eigenvalue weighted by atomic mass is 79.9. The van der Waals surface area contributed by atoms with Crippen LogP contribution >= 0.6 is 15.9 Å². The van der Waals surface area contributed by atoms with Gasteiger partial charge in [0, 0.05) is 25.0 Å². The van der Waals surface area contributed by atoms with Crippen molar-refractivity contribution in [3.63, 3.8) is 0 Å². The molecule has 0 aliphatic rings. The first kappa shape index (κ1) is 34.9. The van der Waals surface area contributed by atoms with Gasteiger partial charge in [-0.05, 0) is 25.7 Å². The standard InChI is InChI=1S/C30H59BrO4/c1-3-5-7-9-16-21-27-34-30(35-28-22-17-10-8-6-4-2)24-23-29(32)33-26-20-18-14-12-11-13-15-19-25-31/h30H,3-28H2,1-2H3. The highest BCUT2D eigenvalue weighted by Crippen LogP contribution is 2.13. The van der Waals surface area contributed by atoms with Crippen LogP contribution in [0.15, 0.2) is 0 Å². The van der Waals surface area contributed by atoms with E-state index in [2.05, 4.69) is 29.8 Å². The summed E-state index contributed by atoms with van der Waals surface area (Å²) >= 11 is 3.48. The Morgan fingerprint density at radius 1 is 0.571 bits per heavy atom. The van der Waals surface area contributed by atoms with Gasteiger partial charge in [-0.25, -0.2) is 0 Å². The Balaban J connectivity index is 3.93. The lowest BCUT2D eigenvalue weighted by atomic mass is 10.1. The number of halogens is 1. The second kappa shape index (κ2) is 30.1. The predicted octanol–water partition coefficient (Wildman–Crippen LogP) is 9.91. The molecule has 0 unspecified atom stereocenters. The van der Waals surface area contributed by atoms with E-state index in [-0.39, 0.29) is 12.3 Å². The minimum Gasteiger partial charge on any atom is -0.466 e. The van der Waals surface area contributed by atoms with Gasteiger partial charge in [0.1, 0.15) is 0 Å². The molecule has 0 spiro atoms. The third-order valence-electron chi connectivity index (χ3n) is 6.48. The summed E-state index contributed by atoms with van der Waals surface area (Å²) in [6.45, 7) is 6.48. The molecule has 5 heteroatoms. The molecule has 0 radical (unpaired) electrons. The van der Waals surface area contributed by atoms with E-state index in [0.29, 0.717) is 19.4 Å². The lowest BCUT2D eigenvalue weighted by Crippen LogP contribution is -2.21. The molecule has 0 bridgehead atoms. The lowest BCUT2D eigenvalue weighted by Gasteiger charge is -2.18. The number of carbonyl (C=O) groups excluding carboxylic acids is 1. The van der Waals surface area contributed by atoms with Gasteiger partial charge in [0.2, 0.25) is 0 Å². The van der Waals surface area contributed by atoms with E-state index >= 15 is 0 Å². The maximum atomic E-state index is 12.2. The van der Waals surface area contributed by atoms with Gasteiger partial charge in [-0.2, -0.15) is 0 Å². The Morgan fingerprint density at radius 2 is 0.971 bits per heavy atom. The molecule has 0 atom stereocenters. The topological polar surface area (TPSA) is 44.8 Å². The van der Waals surface area contributed by atoms with Crippen LogP contribution in [-0.2, 0) is 19.0 Å². The number of hydrogen-bond donors (Lipinski definition) is 0. The monoisotopic (exact) mass is 562 g/mol. The molecule has 0 aromatic heterocycles. The number of rotatable bonds is 29. The van der Waals surface area contributed by atoms with Crippen LogP contribution in [0.1, 0.15) is 155 Å². The van der Waals surface area contributed by atoms with Crippen LogP contribution in [0.5, 0.6) is 0 Å². The van der Waals surface area contributed by atoms with Gasteiger partial charge < -0.3 is 14.2 Å². The summed E-state index contributed by atoms with van der Waals surface area (Å²) in [5.74, 6) is -0.115. The molecule has 35 heavy (non-hydrogen) atoms. The van der Waals surface area contributed by atoms with Crippen LogP contribution in [0.3, 0.4) is 0 Å². The quantitative estimate of drug-likeness (QED) is 0.0393. The number of esters is 1. The van der Waals surface area contributed by atoms with Crippen molar-refractivity contribution >= 4 is 21.9 Å². The van der Waals surface area contributed by atoms with E-state index in [1.165, 1.54) is 103 Å². The van der Waals surface area contributed by atoms with Gasteiger partial charge in [0.15, 0.2) is 6.29 Å². The maximum Gasteiger partial charge on any atom is 0.305 e. The van der Waals surface area contributed by atoms with Crippen LogP contribution < -0.4 is 0 Å². The van der Waals surface area contributed by atoms with Crippen molar-refractivity contribution in [3.05, 3.63) is 0 Å². The van der Waals surface area contributed by atoms with Crippen LogP contribution in [0.25, 0.3) is 0 Å². The summed E-state index contributed by atoms with van der Waals surface area (Å²) in [5.41, 5.74) is 0. The molecule has 0 fully saturated rings. The van der Waals surface area contributed by atoms with Crippen molar-refractivity contribution in [2.75, 3.05) is 25.2 Å². The lowest BCUT2D eigenvalue weighted by molar-refractivity contribution is -0.159. The first-order chi connectivity index (χ1) is 17.2. The molecule has 0 saturated heterocycles. The first-order valence-corrected chi connectivity index (χ1v) is 16.3. The van der Waals surface area contributed by atoms with Gasteiger partial charge in [-0.3, -0.25) is 4.79 Å². The normalized spacial score (nSPS) is 11.4. The molecule has 0 N–H and O–H groups in total. The van der Waals surface area contributed by atoms with Crippen molar-refractivity contribution in [2.24, 2.45) is 0 Å². The Hall–Kier alpha value is -0.130. The molecule has 0 rings (SSSR count). The second-order valence-corrected chi connectivity index (χ2v) is 10.8. The number of hydrogen-bond acceptors (Lipinski definition) is 4. The molecule has 0 aromatic rings. The van der Waals surface area contributed by atoms with Gasteiger partial charge in [0.05, 0.1) is 13.0 Å². The number of unbranched alkanes of at least 4 members (excludes halogenated alkanes) is 17. The fourth-order valence-corrected chi connectivity index (χ4v) is 4.56. The van der Waals surface area contributed by atoms with Crippen molar-refractivity contribution in [3.8, 4) is 0 Å². The molecular formula is C30H59BrO4. The molecule has 4 nitrogen and oxygen atoms in total. The SMILES string of the molecule is CCCCCCCCOC(CCC(=O)OCCCCCCCCCCBr)OCCCCCCCC. The third kappa shape index (κ3) is 28.3. The number of carbonyl (C=O) groups is 1. The average Bonchev–Trinajstić information content (AvgIpc) is 2.86. The molecule has 0 aliphatic heterocycles. The van der Waals surface area contributed by atoms with E-state index in [0.717, 1.165) is 44.2 Å². The molecular weight excluding hydrogens is 504 g/mol. The molecule has 0 aromatic carbocycles. The zero-order chi connectivity index (χ0) is 25.7. The van der Waals surface area contributed by atoms with E-state index in [4.69, 9.17) is 14.2 Å². The average molecular weight is 564 g/mol. The van der Waals surface area contributed by atoms with Gasteiger partial charge in [0.25, 0.3) is 0 Å². The van der Waals surface area contributed by atoms with Crippen LogP contribution in [0.4, 0.5) is 0 Å². The maximum absolute atomic E-state index is 12.2.